The Labute approximate surface area is 170 Å². The van der Waals surface area contributed by atoms with Crippen LogP contribution < -0.4 is 15.4 Å². The second-order valence-corrected chi connectivity index (χ2v) is 8.88. The topological polar surface area (TPSA) is 89.3 Å². The summed E-state index contributed by atoms with van der Waals surface area (Å²) in [6, 6.07) is 4.24. The van der Waals surface area contributed by atoms with Crippen molar-refractivity contribution in [3.63, 3.8) is 0 Å². The van der Waals surface area contributed by atoms with Crippen molar-refractivity contribution in [3.05, 3.63) is 30.2 Å². The summed E-state index contributed by atoms with van der Waals surface area (Å²) < 4.78 is 7.51. The number of nitrogens with zero attached hydrogens (tertiary/aromatic N) is 5. The highest BCUT2D eigenvalue weighted by Gasteiger charge is 2.39. The van der Waals surface area contributed by atoms with Crippen LogP contribution in [0.2, 0.25) is 0 Å². The van der Waals surface area contributed by atoms with Crippen molar-refractivity contribution in [1.29, 1.82) is 0 Å². The molecule has 29 heavy (non-hydrogen) atoms. The normalized spacial score (nSPS) is 21.3. The van der Waals surface area contributed by atoms with Gasteiger partial charge in [-0.1, -0.05) is 13.8 Å². The van der Waals surface area contributed by atoms with Crippen molar-refractivity contribution in [2.75, 3.05) is 25.5 Å². The second kappa shape index (κ2) is 6.95. The predicted octanol–water partition coefficient (Wildman–Crippen LogP) is 2.87. The summed E-state index contributed by atoms with van der Waals surface area (Å²) in [7, 11) is 1.70. The number of methoxy groups -OCH3 is 1. The molecule has 1 atom stereocenters. The molecule has 0 amide bonds. The van der Waals surface area contributed by atoms with Crippen LogP contribution in [0.4, 0.5) is 5.95 Å². The summed E-state index contributed by atoms with van der Waals surface area (Å²) in [4.78, 5) is 13.6. The first-order valence-corrected chi connectivity index (χ1v) is 10.3. The Morgan fingerprint density at radius 1 is 1.28 bits per heavy atom. The molecule has 1 aliphatic heterocycles. The molecule has 0 bridgehead atoms. The molecule has 3 aromatic heterocycles. The summed E-state index contributed by atoms with van der Waals surface area (Å²) in [6.07, 6.45) is 6.91. The first kappa shape index (κ1) is 18.3. The van der Waals surface area contributed by atoms with Crippen LogP contribution >= 0.6 is 0 Å². The van der Waals surface area contributed by atoms with Gasteiger partial charge >= 0.3 is 0 Å². The van der Waals surface area contributed by atoms with Gasteiger partial charge in [-0.2, -0.15) is 5.10 Å². The number of ether oxygens (including phenoxy) is 1. The standard InChI is InChI=1S/C21H27N7O/c1-21(2)9-13(10-21)19-17(29-3)8-18-24-12-16(28(18)27-19)15-5-7-23-20(26-15)25-14-4-6-22-11-14/h5,7-8,12-14,22H,4,6,9-11H2,1-3H3,(H,23,25,26). The maximum atomic E-state index is 5.63. The molecule has 8 nitrogen and oxygen atoms in total. The molecular weight excluding hydrogens is 366 g/mol. The fraction of sp³-hybridized carbons (Fsp3) is 0.524. The van der Waals surface area contributed by atoms with Crippen LogP contribution in [0.25, 0.3) is 17.0 Å². The second-order valence-electron chi connectivity index (χ2n) is 8.88. The highest BCUT2D eigenvalue weighted by molar-refractivity contribution is 5.61. The summed E-state index contributed by atoms with van der Waals surface area (Å²) in [5.74, 6) is 1.87. The van der Waals surface area contributed by atoms with Crippen LogP contribution in [0.5, 0.6) is 5.75 Å². The lowest BCUT2D eigenvalue weighted by Crippen LogP contribution is -2.31. The Hall–Kier alpha value is -2.74. The summed E-state index contributed by atoms with van der Waals surface area (Å²) in [6.45, 7) is 6.56. The lowest BCUT2D eigenvalue weighted by Gasteiger charge is -2.42. The SMILES string of the molecule is COc1cc2ncc(-c3ccnc(NC4CCNC4)n3)n2nc1C1CC(C)(C)C1. The van der Waals surface area contributed by atoms with Gasteiger partial charge in [-0.3, -0.25) is 0 Å². The number of anilines is 1. The third-order valence-electron chi connectivity index (χ3n) is 6.00. The zero-order valence-corrected chi connectivity index (χ0v) is 17.1. The van der Waals surface area contributed by atoms with Gasteiger partial charge in [0.2, 0.25) is 5.95 Å². The van der Waals surface area contributed by atoms with Crippen LogP contribution in [-0.2, 0) is 0 Å². The highest BCUT2D eigenvalue weighted by Crippen LogP contribution is 2.51. The van der Waals surface area contributed by atoms with Crippen molar-refractivity contribution in [2.24, 2.45) is 5.41 Å². The maximum Gasteiger partial charge on any atom is 0.223 e. The fourth-order valence-electron chi connectivity index (χ4n) is 4.53. The molecule has 0 aromatic carbocycles. The van der Waals surface area contributed by atoms with Crippen LogP contribution in [0.15, 0.2) is 24.5 Å². The van der Waals surface area contributed by atoms with Crippen LogP contribution in [0, 0.1) is 5.41 Å². The van der Waals surface area contributed by atoms with E-state index < -0.39 is 0 Å². The van der Waals surface area contributed by atoms with Crippen LogP contribution in [-0.4, -0.2) is 50.8 Å². The number of aromatic nitrogens is 5. The van der Waals surface area contributed by atoms with Gasteiger partial charge in [-0.05, 0) is 37.3 Å². The molecule has 152 valence electrons. The average Bonchev–Trinajstić information content (AvgIpc) is 3.34. The van der Waals surface area contributed by atoms with Crippen molar-refractivity contribution >= 4 is 11.6 Å². The van der Waals surface area contributed by atoms with Gasteiger partial charge in [0.15, 0.2) is 5.65 Å². The van der Waals surface area contributed by atoms with E-state index in [1.807, 2.05) is 22.8 Å². The van der Waals surface area contributed by atoms with Crippen molar-refractivity contribution < 1.29 is 4.74 Å². The third kappa shape index (κ3) is 3.42. The lowest BCUT2D eigenvalue weighted by atomic mass is 9.63. The number of nitrogens with one attached hydrogen (secondary N) is 2. The Kier molecular flexibility index (Phi) is 4.38. The largest absolute Gasteiger partial charge is 0.495 e. The molecule has 1 unspecified atom stereocenters. The van der Waals surface area contributed by atoms with E-state index >= 15 is 0 Å². The number of fused-ring (bicyclic) bond motifs is 1. The van der Waals surface area contributed by atoms with Gasteiger partial charge < -0.3 is 15.4 Å². The van der Waals surface area contributed by atoms with E-state index in [0.717, 1.165) is 60.8 Å². The van der Waals surface area contributed by atoms with Crippen molar-refractivity contribution in [3.8, 4) is 17.1 Å². The zero-order chi connectivity index (χ0) is 20.0. The molecule has 8 heteroatoms. The average molecular weight is 393 g/mol. The summed E-state index contributed by atoms with van der Waals surface area (Å²) in [5, 5.41) is 11.7. The highest BCUT2D eigenvalue weighted by atomic mass is 16.5. The first-order chi connectivity index (χ1) is 14.0. The minimum Gasteiger partial charge on any atom is -0.495 e. The van der Waals surface area contributed by atoms with E-state index in [9.17, 15) is 0 Å². The molecule has 2 fully saturated rings. The van der Waals surface area contributed by atoms with E-state index in [4.69, 9.17) is 14.8 Å². The number of rotatable bonds is 5. The summed E-state index contributed by atoms with van der Waals surface area (Å²) >= 11 is 0. The van der Waals surface area contributed by atoms with E-state index in [1.165, 1.54) is 0 Å². The van der Waals surface area contributed by atoms with E-state index in [2.05, 4.69) is 34.4 Å². The Balaban J connectivity index is 1.50. The number of hydrogen-bond donors (Lipinski definition) is 2. The van der Waals surface area contributed by atoms with E-state index in [1.54, 1.807) is 13.3 Å². The first-order valence-electron chi connectivity index (χ1n) is 10.3. The van der Waals surface area contributed by atoms with Gasteiger partial charge in [-0.15, -0.1) is 0 Å². The molecule has 1 saturated heterocycles. The summed E-state index contributed by atoms with van der Waals surface area (Å²) in [5.41, 5.74) is 3.79. The molecular formula is C21H27N7O. The fourth-order valence-corrected chi connectivity index (χ4v) is 4.53. The minimum absolute atomic E-state index is 0.364. The molecule has 1 aliphatic carbocycles. The monoisotopic (exact) mass is 393 g/mol. The third-order valence-corrected chi connectivity index (χ3v) is 6.00. The maximum absolute atomic E-state index is 5.63. The van der Waals surface area contributed by atoms with Crippen molar-refractivity contribution in [1.82, 2.24) is 29.9 Å². The van der Waals surface area contributed by atoms with Crippen molar-refractivity contribution in [2.45, 2.75) is 45.1 Å². The Bertz CT molecular complexity index is 1030. The molecule has 0 spiro atoms. The predicted molar refractivity (Wildman–Crippen MR) is 111 cm³/mol. The van der Waals surface area contributed by atoms with Gasteiger partial charge in [0.1, 0.15) is 17.1 Å². The molecule has 4 heterocycles. The van der Waals surface area contributed by atoms with Gasteiger partial charge in [0.25, 0.3) is 0 Å². The Morgan fingerprint density at radius 3 is 2.86 bits per heavy atom. The number of imidazole rings is 1. The lowest BCUT2D eigenvalue weighted by molar-refractivity contribution is 0.145. The molecule has 1 saturated carbocycles. The minimum atomic E-state index is 0.364. The molecule has 0 radical (unpaired) electrons. The number of hydrogen-bond acceptors (Lipinski definition) is 7. The van der Waals surface area contributed by atoms with E-state index in [0.29, 0.717) is 23.3 Å². The zero-order valence-electron chi connectivity index (χ0n) is 17.1. The van der Waals surface area contributed by atoms with E-state index in [-0.39, 0.29) is 0 Å². The quantitative estimate of drug-likeness (QED) is 0.689. The van der Waals surface area contributed by atoms with Crippen LogP contribution in [0.1, 0.15) is 44.7 Å². The molecule has 5 rings (SSSR count). The van der Waals surface area contributed by atoms with Crippen LogP contribution in [0.3, 0.4) is 0 Å². The van der Waals surface area contributed by atoms with Gasteiger partial charge in [0.05, 0.1) is 19.0 Å². The molecule has 2 N–H and O–H groups in total. The smallest absolute Gasteiger partial charge is 0.223 e. The van der Waals surface area contributed by atoms with Gasteiger partial charge in [0, 0.05) is 30.8 Å². The van der Waals surface area contributed by atoms with Gasteiger partial charge in [-0.25, -0.2) is 19.5 Å². The Morgan fingerprint density at radius 2 is 2.14 bits per heavy atom. The molecule has 3 aromatic rings. The molecule has 2 aliphatic rings.